The van der Waals surface area contributed by atoms with Crippen LogP contribution in [0.1, 0.15) is 97.2 Å². The standard InChI is InChI=1S/C61H58/c1-39-11-19-43(20-12-39)47-31-48(44-21-13-40(2)14-22-44)34-53(33-47)61(54-35-49(45-23-15-41(3)16-24-45)32-50(36-54)46-25-17-42(4)18-26-46)57-37-51(59(5,6)7)27-29-55(57)56-30-28-52(38-58(56)61)60(8,9)10/h11-38H,1-10H3. The molecule has 61 heavy (non-hydrogen) atoms. The Labute approximate surface area is 365 Å². The zero-order chi connectivity index (χ0) is 42.8. The maximum Gasteiger partial charge on any atom is 0.0714 e. The molecule has 0 spiro atoms. The van der Waals surface area contributed by atoms with Crippen LogP contribution in [-0.4, -0.2) is 0 Å². The normalized spacial score (nSPS) is 13.2. The summed E-state index contributed by atoms with van der Waals surface area (Å²) in [5.41, 5.74) is 24.5. The van der Waals surface area contributed by atoms with Gasteiger partial charge in [-0.3, -0.25) is 0 Å². The van der Waals surface area contributed by atoms with Gasteiger partial charge in [-0.25, -0.2) is 0 Å². The van der Waals surface area contributed by atoms with Gasteiger partial charge >= 0.3 is 0 Å². The minimum absolute atomic E-state index is 0.0558. The topological polar surface area (TPSA) is 0 Å². The van der Waals surface area contributed by atoms with Gasteiger partial charge in [0.05, 0.1) is 5.41 Å². The number of fused-ring (bicyclic) bond motifs is 3. The van der Waals surface area contributed by atoms with E-state index in [1.54, 1.807) is 0 Å². The van der Waals surface area contributed by atoms with Gasteiger partial charge in [0, 0.05) is 0 Å². The van der Waals surface area contributed by atoms with Crippen molar-refractivity contribution in [1.82, 2.24) is 0 Å². The van der Waals surface area contributed by atoms with Crippen LogP contribution in [0.25, 0.3) is 55.6 Å². The van der Waals surface area contributed by atoms with E-state index in [9.17, 15) is 0 Å². The van der Waals surface area contributed by atoms with Crippen LogP contribution in [0.15, 0.2) is 170 Å². The smallest absolute Gasteiger partial charge is 0.0587 e. The van der Waals surface area contributed by atoms with Crippen molar-refractivity contribution < 1.29 is 0 Å². The second-order valence-corrected chi connectivity index (χ2v) is 19.8. The first kappa shape index (κ1) is 40.2. The molecule has 302 valence electrons. The van der Waals surface area contributed by atoms with Gasteiger partial charge in [0.2, 0.25) is 0 Å². The summed E-state index contributed by atoms with van der Waals surface area (Å²) in [5.74, 6) is 0. The van der Waals surface area contributed by atoms with Gasteiger partial charge in [-0.15, -0.1) is 0 Å². The second kappa shape index (κ2) is 15.0. The third-order valence-corrected chi connectivity index (χ3v) is 13.1. The molecule has 1 aliphatic carbocycles. The summed E-state index contributed by atoms with van der Waals surface area (Å²) in [7, 11) is 0. The molecule has 0 unspecified atom stereocenters. The first-order valence-corrected chi connectivity index (χ1v) is 22.0. The van der Waals surface area contributed by atoms with Crippen LogP contribution in [0.4, 0.5) is 0 Å². The molecule has 1 aliphatic rings. The Balaban J connectivity index is 1.49. The number of aryl methyl sites for hydroxylation is 4. The van der Waals surface area contributed by atoms with Crippen molar-refractivity contribution in [3.8, 4) is 55.6 Å². The molecule has 0 amide bonds. The Kier molecular flexibility index (Phi) is 9.90. The van der Waals surface area contributed by atoms with Crippen molar-refractivity contribution in [2.75, 3.05) is 0 Å². The van der Waals surface area contributed by atoms with E-state index >= 15 is 0 Å². The van der Waals surface area contributed by atoms with Gasteiger partial charge in [0.1, 0.15) is 0 Å². The van der Waals surface area contributed by atoms with Crippen molar-refractivity contribution in [2.24, 2.45) is 0 Å². The molecule has 0 aromatic heterocycles. The number of hydrogen-bond acceptors (Lipinski definition) is 0. The summed E-state index contributed by atoms with van der Waals surface area (Å²) in [6.45, 7) is 22.8. The average molecular weight is 791 g/mol. The van der Waals surface area contributed by atoms with Gasteiger partial charge in [-0.1, -0.05) is 197 Å². The zero-order valence-electron chi connectivity index (χ0n) is 37.7. The van der Waals surface area contributed by atoms with Crippen molar-refractivity contribution in [2.45, 2.75) is 85.5 Å². The summed E-state index contributed by atoms with van der Waals surface area (Å²) in [5, 5.41) is 0. The molecule has 8 aromatic rings. The Morgan fingerprint density at radius 1 is 0.279 bits per heavy atom. The minimum Gasteiger partial charge on any atom is -0.0587 e. The fourth-order valence-electron chi connectivity index (χ4n) is 9.38. The van der Waals surface area contributed by atoms with Crippen LogP contribution in [0, 0.1) is 27.7 Å². The highest BCUT2D eigenvalue weighted by Crippen LogP contribution is 2.59. The molecule has 8 aromatic carbocycles. The maximum atomic E-state index is 2.56. The SMILES string of the molecule is Cc1ccc(-c2cc(-c3ccc(C)cc3)cc(C3(c4cc(-c5ccc(C)cc5)cc(-c5ccc(C)cc5)c4)c4cc(C(C)(C)C)ccc4-c4ccc(C(C)(C)C)cc43)c2)cc1. The molecular formula is C61H58. The van der Waals surface area contributed by atoms with Crippen molar-refractivity contribution in [3.05, 3.63) is 225 Å². The quantitative estimate of drug-likeness (QED) is 0.157. The summed E-state index contributed by atoms with van der Waals surface area (Å²) >= 11 is 0. The summed E-state index contributed by atoms with van der Waals surface area (Å²) in [6, 6.07) is 65.8. The second-order valence-electron chi connectivity index (χ2n) is 19.8. The molecule has 0 fully saturated rings. The fraction of sp³-hybridized carbons (Fsp3) is 0.213. The lowest BCUT2D eigenvalue weighted by molar-refractivity contribution is 0.586. The molecule has 0 atom stereocenters. The Hall–Kier alpha value is -6.24. The average Bonchev–Trinajstić information content (AvgIpc) is 3.54. The first-order valence-electron chi connectivity index (χ1n) is 22.0. The van der Waals surface area contributed by atoms with E-state index in [0.717, 1.165) is 0 Å². The van der Waals surface area contributed by atoms with E-state index in [1.165, 1.54) is 111 Å². The molecule has 0 heteroatoms. The number of benzene rings is 8. The van der Waals surface area contributed by atoms with Crippen LogP contribution in [0.5, 0.6) is 0 Å². The fourth-order valence-corrected chi connectivity index (χ4v) is 9.38. The van der Waals surface area contributed by atoms with Crippen molar-refractivity contribution in [1.29, 1.82) is 0 Å². The highest BCUT2D eigenvalue weighted by atomic mass is 14.5. The lowest BCUT2D eigenvalue weighted by atomic mass is 9.65. The Morgan fingerprint density at radius 3 is 0.787 bits per heavy atom. The van der Waals surface area contributed by atoms with Crippen LogP contribution in [-0.2, 0) is 16.2 Å². The van der Waals surface area contributed by atoms with Crippen LogP contribution in [0.3, 0.4) is 0 Å². The van der Waals surface area contributed by atoms with Gasteiger partial charge in [-0.05, 0) is 164 Å². The van der Waals surface area contributed by atoms with Gasteiger partial charge < -0.3 is 0 Å². The molecule has 0 nitrogen and oxygen atoms in total. The third kappa shape index (κ3) is 7.37. The van der Waals surface area contributed by atoms with Crippen molar-refractivity contribution >= 4 is 0 Å². The first-order chi connectivity index (χ1) is 29.1. The van der Waals surface area contributed by atoms with Crippen molar-refractivity contribution in [3.63, 3.8) is 0 Å². The van der Waals surface area contributed by atoms with E-state index in [0.29, 0.717) is 0 Å². The molecular weight excluding hydrogens is 733 g/mol. The predicted molar refractivity (Wildman–Crippen MR) is 262 cm³/mol. The predicted octanol–water partition coefficient (Wildman–Crippen LogP) is 16.5. The summed E-state index contributed by atoms with van der Waals surface area (Å²) in [4.78, 5) is 0. The Bertz CT molecular complexity index is 2570. The van der Waals surface area contributed by atoms with Crippen LogP contribution >= 0.6 is 0 Å². The van der Waals surface area contributed by atoms with E-state index in [2.05, 4.69) is 239 Å². The molecule has 0 heterocycles. The van der Waals surface area contributed by atoms with Crippen LogP contribution in [0.2, 0.25) is 0 Å². The third-order valence-electron chi connectivity index (χ3n) is 13.1. The summed E-state index contributed by atoms with van der Waals surface area (Å²) in [6.07, 6.45) is 0. The molecule has 0 aliphatic heterocycles. The van der Waals surface area contributed by atoms with Gasteiger partial charge in [0.15, 0.2) is 0 Å². The lowest BCUT2D eigenvalue weighted by Crippen LogP contribution is -2.30. The highest BCUT2D eigenvalue weighted by Gasteiger charge is 2.48. The molecule has 0 N–H and O–H groups in total. The van der Waals surface area contributed by atoms with E-state index in [4.69, 9.17) is 0 Å². The molecule has 0 radical (unpaired) electrons. The number of hydrogen-bond donors (Lipinski definition) is 0. The maximum absolute atomic E-state index is 2.56. The van der Waals surface area contributed by atoms with E-state index in [1.807, 2.05) is 0 Å². The van der Waals surface area contributed by atoms with E-state index < -0.39 is 5.41 Å². The van der Waals surface area contributed by atoms with E-state index in [-0.39, 0.29) is 10.8 Å². The van der Waals surface area contributed by atoms with Gasteiger partial charge in [-0.2, -0.15) is 0 Å². The molecule has 0 bridgehead atoms. The Morgan fingerprint density at radius 2 is 0.541 bits per heavy atom. The molecule has 9 rings (SSSR count). The minimum atomic E-state index is -0.673. The highest BCUT2D eigenvalue weighted by molar-refractivity contribution is 5.90. The molecule has 0 saturated heterocycles. The largest absolute Gasteiger partial charge is 0.0714 e. The van der Waals surface area contributed by atoms with Crippen LogP contribution < -0.4 is 0 Å². The number of rotatable bonds is 6. The summed E-state index contributed by atoms with van der Waals surface area (Å²) < 4.78 is 0. The lowest BCUT2D eigenvalue weighted by Gasteiger charge is -2.37. The molecule has 0 saturated carbocycles. The zero-order valence-corrected chi connectivity index (χ0v) is 37.7. The van der Waals surface area contributed by atoms with Gasteiger partial charge in [0.25, 0.3) is 0 Å². The monoisotopic (exact) mass is 790 g/mol.